The summed E-state index contributed by atoms with van der Waals surface area (Å²) in [7, 11) is 0. The second-order valence-electron chi connectivity index (χ2n) is 6.93. The van der Waals surface area contributed by atoms with E-state index in [-0.39, 0.29) is 30.2 Å². The van der Waals surface area contributed by atoms with Crippen LogP contribution in [-0.4, -0.2) is 57.0 Å². The molecule has 8 nitrogen and oxygen atoms in total. The Labute approximate surface area is 145 Å². The minimum absolute atomic E-state index is 0.0499. The summed E-state index contributed by atoms with van der Waals surface area (Å²) in [5, 5.41) is 4.43. The lowest BCUT2D eigenvalue weighted by Crippen LogP contribution is -2.46. The third-order valence-electron chi connectivity index (χ3n) is 5.26. The normalized spacial score (nSPS) is 22.1. The first-order valence-corrected chi connectivity index (χ1v) is 8.67. The number of rotatable bonds is 3. The van der Waals surface area contributed by atoms with E-state index in [1.165, 1.54) is 0 Å². The molecule has 2 aromatic heterocycles. The van der Waals surface area contributed by atoms with E-state index in [0.29, 0.717) is 6.54 Å². The van der Waals surface area contributed by atoms with Gasteiger partial charge in [0.25, 0.3) is 0 Å². The SMILES string of the molecule is Cc1cc2c(N3CCC(N4CC(C(N)=O)CC4=O)CC3)nccn2n1. The molecule has 1 unspecified atom stereocenters. The van der Waals surface area contributed by atoms with Crippen LogP contribution in [0.5, 0.6) is 0 Å². The molecular formula is C17H22N6O2. The second kappa shape index (κ2) is 6.02. The Bertz CT molecular complexity index is 824. The van der Waals surface area contributed by atoms with Crippen molar-refractivity contribution in [3.05, 3.63) is 24.2 Å². The Morgan fingerprint density at radius 1 is 1.32 bits per heavy atom. The van der Waals surface area contributed by atoms with Gasteiger partial charge in [0.15, 0.2) is 5.82 Å². The van der Waals surface area contributed by atoms with Gasteiger partial charge < -0.3 is 15.5 Å². The van der Waals surface area contributed by atoms with Gasteiger partial charge in [-0.25, -0.2) is 9.50 Å². The van der Waals surface area contributed by atoms with Gasteiger partial charge in [-0.15, -0.1) is 0 Å². The fraction of sp³-hybridized carbons (Fsp3) is 0.529. The molecule has 4 rings (SSSR count). The van der Waals surface area contributed by atoms with E-state index < -0.39 is 0 Å². The number of nitrogens with two attached hydrogens (primary N) is 1. The maximum atomic E-state index is 12.2. The molecule has 0 aliphatic carbocycles. The van der Waals surface area contributed by atoms with Gasteiger partial charge in [0.2, 0.25) is 11.8 Å². The number of amides is 2. The summed E-state index contributed by atoms with van der Waals surface area (Å²) < 4.78 is 1.85. The predicted octanol–water partition coefficient (Wildman–Crippen LogP) is 0.340. The van der Waals surface area contributed by atoms with Crippen molar-refractivity contribution in [2.75, 3.05) is 24.5 Å². The second-order valence-corrected chi connectivity index (χ2v) is 6.93. The number of carbonyl (C=O) groups is 2. The highest BCUT2D eigenvalue weighted by Gasteiger charge is 2.38. The molecule has 2 saturated heterocycles. The van der Waals surface area contributed by atoms with Crippen molar-refractivity contribution in [3.63, 3.8) is 0 Å². The van der Waals surface area contributed by atoms with Crippen molar-refractivity contribution >= 4 is 23.1 Å². The minimum Gasteiger partial charge on any atom is -0.369 e. The van der Waals surface area contributed by atoms with Gasteiger partial charge in [0.05, 0.1) is 11.6 Å². The molecule has 2 fully saturated rings. The Morgan fingerprint density at radius 3 is 2.76 bits per heavy atom. The lowest BCUT2D eigenvalue weighted by atomic mass is 10.0. The average Bonchev–Trinajstić information content (AvgIpc) is 3.16. The summed E-state index contributed by atoms with van der Waals surface area (Å²) in [6, 6.07) is 2.22. The molecule has 2 aromatic rings. The van der Waals surface area contributed by atoms with Gasteiger partial charge in [0, 0.05) is 44.5 Å². The standard InChI is InChI=1S/C17H22N6O2/c1-11-8-14-17(19-4-7-23(14)20-11)21-5-2-13(3-6-21)22-10-12(16(18)25)9-15(22)24/h4,7-8,12-13H,2-3,5-6,9-10H2,1H3,(H2,18,25). The van der Waals surface area contributed by atoms with Crippen molar-refractivity contribution in [1.82, 2.24) is 19.5 Å². The summed E-state index contributed by atoms with van der Waals surface area (Å²) in [5.41, 5.74) is 7.33. The van der Waals surface area contributed by atoms with Crippen LogP contribution in [0.1, 0.15) is 25.0 Å². The summed E-state index contributed by atoms with van der Waals surface area (Å²) in [5.74, 6) is 0.272. The highest BCUT2D eigenvalue weighted by atomic mass is 16.2. The number of primary amides is 1. The van der Waals surface area contributed by atoms with E-state index in [9.17, 15) is 9.59 Å². The lowest BCUT2D eigenvalue weighted by Gasteiger charge is -2.37. The van der Waals surface area contributed by atoms with Crippen LogP contribution in [0.3, 0.4) is 0 Å². The van der Waals surface area contributed by atoms with Crippen LogP contribution in [0.15, 0.2) is 18.5 Å². The quantitative estimate of drug-likeness (QED) is 0.867. The van der Waals surface area contributed by atoms with Crippen molar-refractivity contribution in [1.29, 1.82) is 0 Å². The van der Waals surface area contributed by atoms with Gasteiger partial charge in [0.1, 0.15) is 5.52 Å². The number of likely N-dealkylation sites (tertiary alicyclic amines) is 1. The number of hydrogen-bond acceptors (Lipinski definition) is 5. The van der Waals surface area contributed by atoms with E-state index in [4.69, 9.17) is 5.73 Å². The number of aryl methyl sites for hydroxylation is 1. The molecule has 2 aliphatic rings. The lowest BCUT2D eigenvalue weighted by molar-refractivity contribution is -0.130. The highest BCUT2D eigenvalue weighted by Crippen LogP contribution is 2.28. The summed E-state index contributed by atoms with van der Waals surface area (Å²) >= 11 is 0. The molecule has 0 saturated carbocycles. The number of anilines is 1. The molecule has 2 N–H and O–H groups in total. The Balaban J connectivity index is 1.46. The van der Waals surface area contributed by atoms with Crippen molar-refractivity contribution < 1.29 is 9.59 Å². The molecule has 132 valence electrons. The first kappa shape index (κ1) is 15.9. The van der Waals surface area contributed by atoms with E-state index in [1.807, 2.05) is 28.6 Å². The van der Waals surface area contributed by atoms with Gasteiger partial charge >= 0.3 is 0 Å². The summed E-state index contributed by atoms with van der Waals surface area (Å²) in [6.45, 7) is 4.09. The van der Waals surface area contributed by atoms with Crippen LogP contribution in [0.2, 0.25) is 0 Å². The summed E-state index contributed by atoms with van der Waals surface area (Å²) in [6.07, 6.45) is 5.61. The van der Waals surface area contributed by atoms with E-state index in [1.54, 1.807) is 6.20 Å². The topological polar surface area (TPSA) is 96.8 Å². The third-order valence-corrected chi connectivity index (χ3v) is 5.26. The predicted molar refractivity (Wildman–Crippen MR) is 92.0 cm³/mol. The largest absolute Gasteiger partial charge is 0.369 e. The highest BCUT2D eigenvalue weighted by molar-refractivity contribution is 5.88. The van der Waals surface area contributed by atoms with Crippen LogP contribution in [0, 0.1) is 12.8 Å². The number of fused-ring (bicyclic) bond motifs is 1. The molecule has 0 aromatic carbocycles. The van der Waals surface area contributed by atoms with Gasteiger partial charge in [-0.1, -0.05) is 0 Å². The molecule has 2 amide bonds. The molecule has 2 aliphatic heterocycles. The minimum atomic E-state index is -0.375. The molecule has 4 heterocycles. The zero-order chi connectivity index (χ0) is 17.6. The number of piperidine rings is 1. The molecular weight excluding hydrogens is 320 g/mol. The van der Waals surface area contributed by atoms with Crippen LogP contribution in [0.25, 0.3) is 5.52 Å². The fourth-order valence-electron chi connectivity index (χ4n) is 3.94. The molecule has 1 atom stereocenters. The first-order valence-electron chi connectivity index (χ1n) is 8.67. The number of hydrogen-bond donors (Lipinski definition) is 1. The molecule has 0 spiro atoms. The van der Waals surface area contributed by atoms with Gasteiger partial charge in [-0.2, -0.15) is 5.10 Å². The average molecular weight is 342 g/mol. The van der Waals surface area contributed by atoms with Crippen LogP contribution < -0.4 is 10.6 Å². The molecule has 0 bridgehead atoms. The van der Waals surface area contributed by atoms with Crippen LogP contribution >= 0.6 is 0 Å². The van der Waals surface area contributed by atoms with Crippen LogP contribution in [-0.2, 0) is 9.59 Å². The number of carbonyl (C=O) groups excluding carboxylic acids is 2. The molecule has 0 radical (unpaired) electrons. The Kier molecular flexibility index (Phi) is 3.82. The summed E-state index contributed by atoms with van der Waals surface area (Å²) in [4.78, 5) is 32.2. The maximum Gasteiger partial charge on any atom is 0.223 e. The van der Waals surface area contributed by atoms with Crippen molar-refractivity contribution in [3.8, 4) is 0 Å². The van der Waals surface area contributed by atoms with Crippen molar-refractivity contribution in [2.45, 2.75) is 32.2 Å². The number of nitrogens with zero attached hydrogens (tertiary/aromatic N) is 5. The van der Waals surface area contributed by atoms with Gasteiger partial charge in [-0.3, -0.25) is 9.59 Å². The van der Waals surface area contributed by atoms with Crippen molar-refractivity contribution in [2.24, 2.45) is 11.7 Å². The first-order chi connectivity index (χ1) is 12.0. The third kappa shape index (κ3) is 2.81. The van der Waals surface area contributed by atoms with Crippen LogP contribution in [0.4, 0.5) is 5.82 Å². The van der Waals surface area contributed by atoms with Gasteiger partial charge in [-0.05, 0) is 25.8 Å². The van der Waals surface area contributed by atoms with E-state index in [2.05, 4.69) is 15.0 Å². The monoisotopic (exact) mass is 342 g/mol. The number of aromatic nitrogens is 3. The molecule has 8 heteroatoms. The zero-order valence-corrected chi connectivity index (χ0v) is 14.3. The Morgan fingerprint density at radius 2 is 2.08 bits per heavy atom. The zero-order valence-electron chi connectivity index (χ0n) is 14.3. The smallest absolute Gasteiger partial charge is 0.223 e. The molecule has 25 heavy (non-hydrogen) atoms. The Hall–Kier alpha value is -2.64. The van der Waals surface area contributed by atoms with E-state index >= 15 is 0 Å². The maximum absolute atomic E-state index is 12.2. The fourth-order valence-corrected chi connectivity index (χ4v) is 3.94. The van der Waals surface area contributed by atoms with E-state index in [0.717, 1.165) is 43.0 Å².